The van der Waals surface area contributed by atoms with Gasteiger partial charge in [0.05, 0.1) is 23.1 Å². The van der Waals surface area contributed by atoms with Crippen LogP contribution >= 0.6 is 38.9 Å². The maximum atomic E-state index is 6.35. The summed E-state index contributed by atoms with van der Waals surface area (Å²) < 4.78 is 11.4. The van der Waals surface area contributed by atoms with Crippen LogP contribution < -0.4 is 9.47 Å². The molecule has 106 valence electrons. The molecule has 3 rings (SSSR count). The summed E-state index contributed by atoms with van der Waals surface area (Å²) in [6.45, 7) is 3.43. The number of ether oxygens (including phenoxy) is 2. The van der Waals surface area contributed by atoms with Crippen LogP contribution in [-0.4, -0.2) is 13.2 Å². The minimum atomic E-state index is 0.0749. The fraction of sp³-hybridized carbons (Fsp3) is 0.333. The summed E-state index contributed by atoms with van der Waals surface area (Å²) >= 11 is 11.8. The number of rotatable bonds is 2. The van der Waals surface area contributed by atoms with Gasteiger partial charge in [0.15, 0.2) is 11.5 Å². The molecule has 0 radical (unpaired) electrons. The van der Waals surface area contributed by atoms with Crippen molar-refractivity contribution < 1.29 is 9.47 Å². The molecule has 2 nitrogen and oxygen atoms in total. The fourth-order valence-electron chi connectivity index (χ4n) is 2.11. The zero-order chi connectivity index (χ0) is 14.1. The van der Waals surface area contributed by atoms with Gasteiger partial charge in [-0.05, 0) is 35.6 Å². The minimum absolute atomic E-state index is 0.0749. The molecule has 0 fully saturated rings. The van der Waals surface area contributed by atoms with E-state index >= 15 is 0 Å². The molecule has 0 amide bonds. The summed E-state index contributed by atoms with van der Waals surface area (Å²) in [4.78, 5) is 1.20. The van der Waals surface area contributed by atoms with Crippen molar-refractivity contribution in [3.63, 3.8) is 0 Å². The highest BCUT2D eigenvalue weighted by molar-refractivity contribution is 9.09. The monoisotopic (exact) mass is 372 g/mol. The first-order chi connectivity index (χ1) is 9.66. The molecule has 2 aromatic rings. The van der Waals surface area contributed by atoms with Gasteiger partial charge < -0.3 is 9.47 Å². The van der Waals surface area contributed by atoms with E-state index in [0.717, 1.165) is 38.9 Å². The average Bonchev–Trinajstić information content (AvgIpc) is 2.68. The van der Waals surface area contributed by atoms with Gasteiger partial charge in [0, 0.05) is 11.3 Å². The van der Waals surface area contributed by atoms with Gasteiger partial charge in [-0.2, -0.15) is 0 Å². The lowest BCUT2D eigenvalue weighted by Crippen LogP contribution is -1.97. The second kappa shape index (κ2) is 5.96. The summed E-state index contributed by atoms with van der Waals surface area (Å²) in [5, 5.41) is 2.92. The van der Waals surface area contributed by atoms with Crippen molar-refractivity contribution in [1.82, 2.24) is 0 Å². The fourth-order valence-corrected chi connectivity index (χ4v) is 4.38. The first-order valence-corrected chi connectivity index (χ1v) is 8.61. The molecule has 0 saturated heterocycles. The third-order valence-corrected chi connectivity index (χ3v) is 6.29. The number of halogens is 2. The zero-order valence-corrected chi connectivity index (χ0v) is 14.1. The first kappa shape index (κ1) is 14.2. The highest BCUT2D eigenvalue weighted by Crippen LogP contribution is 2.43. The quantitative estimate of drug-likeness (QED) is 0.660. The molecule has 1 aromatic carbocycles. The Kier molecular flexibility index (Phi) is 4.24. The molecule has 1 unspecified atom stereocenters. The molecule has 0 bridgehead atoms. The van der Waals surface area contributed by atoms with E-state index in [1.54, 1.807) is 11.3 Å². The van der Waals surface area contributed by atoms with E-state index in [1.165, 1.54) is 0 Å². The normalized spacial score (nSPS) is 15.8. The summed E-state index contributed by atoms with van der Waals surface area (Å²) in [6.07, 6.45) is 0.914. The number of hydrogen-bond donors (Lipinski definition) is 0. The summed E-state index contributed by atoms with van der Waals surface area (Å²) in [5.74, 6) is 1.63. The zero-order valence-electron chi connectivity index (χ0n) is 11.0. The highest BCUT2D eigenvalue weighted by Gasteiger charge is 2.19. The predicted molar refractivity (Wildman–Crippen MR) is 86.9 cm³/mol. The van der Waals surface area contributed by atoms with Crippen molar-refractivity contribution in [2.24, 2.45) is 0 Å². The smallest absolute Gasteiger partial charge is 0.161 e. The molecule has 0 spiro atoms. The molecule has 5 heteroatoms. The lowest BCUT2D eigenvalue weighted by Gasteiger charge is -2.13. The Morgan fingerprint density at radius 1 is 1.25 bits per heavy atom. The molecular formula is C15H14BrClO2S. The Bertz CT molecular complexity index is 626. The highest BCUT2D eigenvalue weighted by atomic mass is 79.9. The molecule has 1 atom stereocenters. The van der Waals surface area contributed by atoms with Crippen LogP contribution in [0.1, 0.15) is 27.3 Å². The Morgan fingerprint density at radius 2 is 2.00 bits per heavy atom. The maximum Gasteiger partial charge on any atom is 0.161 e. The standard InChI is InChI=1S/C15H14BrClO2S/c1-9-8-20-15(14(9)17)13(16)10-3-4-11-12(7-10)19-6-2-5-18-11/h3-4,7-8,13H,2,5-6H2,1H3. The first-order valence-electron chi connectivity index (χ1n) is 6.44. The van der Waals surface area contributed by atoms with Crippen LogP contribution in [0, 0.1) is 6.92 Å². The van der Waals surface area contributed by atoms with Crippen LogP contribution in [0.3, 0.4) is 0 Å². The van der Waals surface area contributed by atoms with Gasteiger partial charge in [0.2, 0.25) is 0 Å². The van der Waals surface area contributed by atoms with Gasteiger partial charge in [0.1, 0.15) is 0 Å². The Balaban J connectivity index is 1.94. The number of aryl methyl sites for hydroxylation is 1. The van der Waals surface area contributed by atoms with Crippen molar-refractivity contribution in [2.45, 2.75) is 18.2 Å². The summed E-state index contributed by atoms with van der Waals surface area (Å²) in [5.41, 5.74) is 2.24. The molecule has 1 aromatic heterocycles. The second-order valence-electron chi connectivity index (χ2n) is 4.72. The average molecular weight is 374 g/mol. The van der Waals surface area contributed by atoms with Crippen molar-refractivity contribution in [3.8, 4) is 11.5 Å². The molecule has 0 saturated carbocycles. The summed E-state index contributed by atoms with van der Waals surface area (Å²) in [6, 6.07) is 6.06. The lowest BCUT2D eigenvalue weighted by molar-refractivity contribution is 0.297. The van der Waals surface area contributed by atoms with Gasteiger partial charge in [-0.15, -0.1) is 11.3 Å². The van der Waals surface area contributed by atoms with Gasteiger partial charge in [-0.3, -0.25) is 0 Å². The van der Waals surface area contributed by atoms with Gasteiger partial charge in [0.25, 0.3) is 0 Å². The number of thiophene rings is 1. The molecule has 1 aliphatic heterocycles. The molecular weight excluding hydrogens is 360 g/mol. The topological polar surface area (TPSA) is 18.5 Å². The molecule has 20 heavy (non-hydrogen) atoms. The maximum absolute atomic E-state index is 6.35. The Hall–Kier alpha value is -0.710. The number of alkyl halides is 1. The summed E-state index contributed by atoms with van der Waals surface area (Å²) in [7, 11) is 0. The van der Waals surface area contributed by atoms with E-state index in [1.807, 2.05) is 19.1 Å². The van der Waals surface area contributed by atoms with Gasteiger partial charge >= 0.3 is 0 Å². The van der Waals surface area contributed by atoms with E-state index in [0.29, 0.717) is 13.2 Å². The Labute approximate surface area is 135 Å². The third-order valence-electron chi connectivity index (χ3n) is 3.22. The lowest BCUT2D eigenvalue weighted by atomic mass is 10.1. The van der Waals surface area contributed by atoms with Crippen LogP contribution in [0.5, 0.6) is 11.5 Å². The van der Waals surface area contributed by atoms with Crippen molar-refractivity contribution in [3.05, 3.63) is 44.6 Å². The SMILES string of the molecule is Cc1csc(C(Br)c2ccc3c(c2)OCCCO3)c1Cl. The second-order valence-corrected chi connectivity index (χ2v) is 6.92. The molecule has 0 aliphatic carbocycles. The third kappa shape index (κ3) is 2.69. The van der Waals surface area contributed by atoms with Crippen LogP contribution in [0.2, 0.25) is 5.02 Å². The van der Waals surface area contributed by atoms with Crippen LogP contribution in [0.15, 0.2) is 23.6 Å². The van der Waals surface area contributed by atoms with Crippen LogP contribution in [0.25, 0.3) is 0 Å². The largest absolute Gasteiger partial charge is 0.490 e. The van der Waals surface area contributed by atoms with E-state index in [9.17, 15) is 0 Å². The van der Waals surface area contributed by atoms with Crippen LogP contribution in [0.4, 0.5) is 0 Å². The van der Waals surface area contributed by atoms with Crippen LogP contribution in [-0.2, 0) is 0 Å². The molecule has 2 heterocycles. The molecule has 1 aliphatic rings. The van der Waals surface area contributed by atoms with E-state index < -0.39 is 0 Å². The Morgan fingerprint density at radius 3 is 2.70 bits per heavy atom. The number of hydrogen-bond acceptors (Lipinski definition) is 3. The van der Waals surface area contributed by atoms with E-state index in [2.05, 4.69) is 27.4 Å². The van der Waals surface area contributed by atoms with E-state index in [-0.39, 0.29) is 4.83 Å². The van der Waals surface area contributed by atoms with E-state index in [4.69, 9.17) is 21.1 Å². The number of fused-ring (bicyclic) bond motifs is 1. The van der Waals surface area contributed by atoms with Crippen molar-refractivity contribution in [1.29, 1.82) is 0 Å². The molecule has 0 N–H and O–H groups in total. The van der Waals surface area contributed by atoms with Crippen molar-refractivity contribution in [2.75, 3.05) is 13.2 Å². The van der Waals surface area contributed by atoms with Crippen molar-refractivity contribution >= 4 is 38.9 Å². The minimum Gasteiger partial charge on any atom is -0.490 e. The predicted octanol–water partition coefficient (Wildman–Crippen LogP) is 5.36. The van der Waals surface area contributed by atoms with Gasteiger partial charge in [-0.1, -0.05) is 33.6 Å². The van der Waals surface area contributed by atoms with Gasteiger partial charge in [-0.25, -0.2) is 0 Å². The number of benzene rings is 1.